The Bertz CT molecular complexity index is 530. The summed E-state index contributed by atoms with van der Waals surface area (Å²) in [6.45, 7) is -0.465. The number of benzene rings is 1. The van der Waals surface area contributed by atoms with Crippen LogP contribution in [0.3, 0.4) is 0 Å². The Morgan fingerprint density at radius 3 is 2.65 bits per heavy atom. The average molecular weight is 298 g/mol. The van der Waals surface area contributed by atoms with Crippen LogP contribution in [0.15, 0.2) is 18.2 Å². The van der Waals surface area contributed by atoms with Crippen molar-refractivity contribution < 1.29 is 17.9 Å². The van der Waals surface area contributed by atoms with Gasteiger partial charge in [0.2, 0.25) is 10.0 Å². The summed E-state index contributed by atoms with van der Waals surface area (Å²) in [5.41, 5.74) is 0. The van der Waals surface area contributed by atoms with Crippen molar-refractivity contribution in [1.82, 2.24) is 4.72 Å². The van der Waals surface area contributed by atoms with Gasteiger partial charge >= 0.3 is 0 Å². The zero-order valence-electron chi connectivity index (χ0n) is 8.74. The summed E-state index contributed by atoms with van der Waals surface area (Å²) in [6.07, 6.45) is 0.872. The zero-order valence-corrected chi connectivity index (χ0v) is 11.1. The van der Waals surface area contributed by atoms with Crippen LogP contribution in [0, 0.1) is 0 Å². The second-order valence-electron chi connectivity index (χ2n) is 3.16. The number of carbonyl (C=O) groups is 1. The number of ether oxygens (including phenoxy) is 1. The van der Waals surface area contributed by atoms with E-state index in [0.29, 0.717) is 5.02 Å². The van der Waals surface area contributed by atoms with Gasteiger partial charge in [0.1, 0.15) is 5.75 Å². The van der Waals surface area contributed by atoms with Crippen LogP contribution < -0.4 is 9.46 Å². The molecule has 0 atom stereocenters. The molecule has 1 aromatic rings. The monoisotopic (exact) mass is 297 g/mol. The molecule has 1 rings (SSSR count). The van der Waals surface area contributed by atoms with E-state index in [1.165, 1.54) is 12.1 Å². The molecule has 0 spiro atoms. The van der Waals surface area contributed by atoms with E-state index in [1.54, 1.807) is 10.8 Å². The van der Waals surface area contributed by atoms with E-state index in [4.69, 9.17) is 27.9 Å². The second-order valence-corrected chi connectivity index (χ2v) is 5.75. The van der Waals surface area contributed by atoms with Crippen LogP contribution in [0.2, 0.25) is 10.0 Å². The third-order valence-corrected chi connectivity index (χ3v) is 2.70. The zero-order chi connectivity index (χ0) is 13.1. The lowest BCUT2D eigenvalue weighted by atomic mass is 10.3. The summed E-state index contributed by atoms with van der Waals surface area (Å²) >= 11 is 11.5. The van der Waals surface area contributed by atoms with Crippen molar-refractivity contribution in [3.8, 4) is 5.75 Å². The van der Waals surface area contributed by atoms with Gasteiger partial charge in [0, 0.05) is 11.1 Å². The van der Waals surface area contributed by atoms with E-state index in [0.717, 1.165) is 6.26 Å². The molecular formula is C9H9Cl2NO4S. The van der Waals surface area contributed by atoms with Crippen molar-refractivity contribution in [3.63, 3.8) is 0 Å². The fourth-order valence-electron chi connectivity index (χ4n) is 0.967. The van der Waals surface area contributed by atoms with Crippen LogP contribution in [0.1, 0.15) is 0 Å². The largest absolute Gasteiger partial charge is 0.482 e. The number of hydrogen-bond donors (Lipinski definition) is 1. The number of hydrogen-bond acceptors (Lipinski definition) is 4. The molecule has 1 aromatic carbocycles. The third kappa shape index (κ3) is 5.25. The van der Waals surface area contributed by atoms with E-state index >= 15 is 0 Å². The van der Waals surface area contributed by atoms with Gasteiger partial charge in [-0.1, -0.05) is 23.2 Å². The summed E-state index contributed by atoms with van der Waals surface area (Å²) in [5.74, 6) is -0.577. The van der Waals surface area contributed by atoms with Crippen molar-refractivity contribution in [3.05, 3.63) is 28.2 Å². The smallest absolute Gasteiger partial charge is 0.271 e. The minimum absolute atomic E-state index is 0.211. The number of halogens is 2. The van der Waals surface area contributed by atoms with Crippen LogP contribution >= 0.6 is 23.2 Å². The molecule has 0 saturated carbocycles. The molecule has 0 radical (unpaired) electrons. The normalized spacial score (nSPS) is 11.0. The van der Waals surface area contributed by atoms with Crippen LogP contribution in [0.5, 0.6) is 5.75 Å². The molecule has 0 aliphatic carbocycles. The predicted octanol–water partition coefficient (Wildman–Crippen LogP) is 1.45. The molecule has 1 amide bonds. The molecule has 0 unspecified atom stereocenters. The van der Waals surface area contributed by atoms with E-state index in [9.17, 15) is 13.2 Å². The highest BCUT2D eigenvalue weighted by Gasteiger charge is 2.10. The van der Waals surface area contributed by atoms with E-state index in [2.05, 4.69) is 0 Å². The predicted molar refractivity (Wildman–Crippen MR) is 64.9 cm³/mol. The fourth-order valence-corrected chi connectivity index (χ4v) is 1.77. The molecule has 94 valence electrons. The number of rotatable bonds is 4. The van der Waals surface area contributed by atoms with Crippen LogP contribution in [-0.2, 0) is 14.8 Å². The minimum Gasteiger partial charge on any atom is -0.482 e. The van der Waals surface area contributed by atoms with Gasteiger partial charge in [0.25, 0.3) is 5.91 Å². The maximum atomic E-state index is 11.1. The third-order valence-electron chi connectivity index (χ3n) is 1.55. The summed E-state index contributed by atoms with van der Waals surface area (Å²) in [7, 11) is -3.58. The average Bonchev–Trinajstić information content (AvgIpc) is 2.17. The Morgan fingerprint density at radius 1 is 1.41 bits per heavy atom. The van der Waals surface area contributed by atoms with Crippen LogP contribution in [-0.4, -0.2) is 27.2 Å². The van der Waals surface area contributed by atoms with Crippen molar-refractivity contribution in [2.75, 3.05) is 12.9 Å². The lowest BCUT2D eigenvalue weighted by Gasteiger charge is -2.07. The first-order valence-electron chi connectivity index (χ1n) is 4.36. The van der Waals surface area contributed by atoms with Crippen molar-refractivity contribution >= 4 is 39.1 Å². The lowest BCUT2D eigenvalue weighted by molar-refractivity contribution is -0.121. The molecule has 0 heterocycles. The van der Waals surface area contributed by atoms with Crippen LogP contribution in [0.25, 0.3) is 0 Å². The standard InChI is InChI=1S/C9H9Cl2NO4S/c1-17(14,15)12-9(13)5-16-8-4-6(10)2-3-7(8)11/h2-4H,5H2,1H3,(H,12,13). The van der Waals surface area contributed by atoms with Gasteiger partial charge in [-0.2, -0.15) is 0 Å². The first kappa shape index (κ1) is 14.1. The van der Waals surface area contributed by atoms with E-state index in [1.807, 2.05) is 0 Å². The minimum atomic E-state index is -3.58. The Morgan fingerprint density at radius 2 is 2.06 bits per heavy atom. The first-order chi connectivity index (χ1) is 7.78. The highest BCUT2D eigenvalue weighted by atomic mass is 35.5. The van der Waals surface area contributed by atoms with Gasteiger partial charge in [-0.25, -0.2) is 8.42 Å². The SMILES string of the molecule is CS(=O)(=O)NC(=O)COc1cc(Cl)ccc1Cl. The fraction of sp³-hybridized carbons (Fsp3) is 0.222. The number of nitrogens with one attached hydrogen (secondary N) is 1. The molecule has 0 saturated heterocycles. The van der Waals surface area contributed by atoms with Gasteiger partial charge in [0.15, 0.2) is 6.61 Å². The van der Waals surface area contributed by atoms with Gasteiger partial charge < -0.3 is 4.74 Å². The molecule has 0 aliphatic rings. The first-order valence-corrected chi connectivity index (χ1v) is 7.01. The highest BCUT2D eigenvalue weighted by molar-refractivity contribution is 7.89. The van der Waals surface area contributed by atoms with Gasteiger partial charge in [-0.05, 0) is 12.1 Å². The second kappa shape index (κ2) is 5.57. The highest BCUT2D eigenvalue weighted by Crippen LogP contribution is 2.27. The number of amides is 1. The van der Waals surface area contributed by atoms with E-state index < -0.39 is 22.5 Å². The topological polar surface area (TPSA) is 72.5 Å². The Labute approximate surface area is 109 Å². The maximum Gasteiger partial charge on any atom is 0.271 e. The van der Waals surface area contributed by atoms with Gasteiger partial charge in [-0.15, -0.1) is 0 Å². The quantitative estimate of drug-likeness (QED) is 0.913. The Kier molecular flexibility index (Phi) is 4.62. The van der Waals surface area contributed by atoms with Crippen LogP contribution in [0.4, 0.5) is 0 Å². The molecule has 5 nitrogen and oxygen atoms in total. The Balaban J connectivity index is 2.62. The lowest BCUT2D eigenvalue weighted by Crippen LogP contribution is -2.33. The maximum absolute atomic E-state index is 11.1. The van der Waals surface area contributed by atoms with Crippen molar-refractivity contribution in [2.24, 2.45) is 0 Å². The summed E-state index contributed by atoms with van der Waals surface area (Å²) < 4.78 is 28.3. The molecule has 1 N–H and O–H groups in total. The van der Waals surface area contributed by atoms with Gasteiger partial charge in [0.05, 0.1) is 11.3 Å². The van der Waals surface area contributed by atoms with Crippen molar-refractivity contribution in [2.45, 2.75) is 0 Å². The molecule has 0 bridgehead atoms. The van der Waals surface area contributed by atoms with Gasteiger partial charge in [-0.3, -0.25) is 9.52 Å². The number of sulfonamides is 1. The summed E-state index contributed by atoms with van der Waals surface area (Å²) in [6, 6.07) is 4.50. The molecule has 8 heteroatoms. The van der Waals surface area contributed by atoms with Crippen molar-refractivity contribution in [1.29, 1.82) is 0 Å². The molecule has 17 heavy (non-hydrogen) atoms. The molecular weight excluding hydrogens is 289 g/mol. The summed E-state index contributed by atoms with van der Waals surface area (Å²) in [5, 5.41) is 0.675. The number of carbonyl (C=O) groups excluding carboxylic acids is 1. The Hall–Kier alpha value is -0.980. The molecule has 0 aromatic heterocycles. The summed E-state index contributed by atoms with van der Waals surface area (Å²) in [4.78, 5) is 11.1. The molecule has 0 aliphatic heterocycles. The molecule has 0 fully saturated rings. The van der Waals surface area contributed by atoms with E-state index in [-0.39, 0.29) is 10.8 Å².